The highest BCUT2D eigenvalue weighted by atomic mass is 35.5. The van der Waals surface area contributed by atoms with E-state index < -0.39 is 10.0 Å². The highest BCUT2D eigenvalue weighted by Gasteiger charge is 2.17. The fraction of sp³-hybridized carbons (Fsp3) is 0. The van der Waals surface area contributed by atoms with E-state index in [0.717, 1.165) is 12.4 Å². The Kier molecular flexibility index (Phi) is 4.23. The van der Waals surface area contributed by atoms with E-state index in [2.05, 4.69) is 20.1 Å². The van der Waals surface area contributed by atoms with Crippen LogP contribution in [0.1, 0.15) is 5.56 Å². The maximum atomic E-state index is 12.2. The molecule has 2 aromatic rings. The second kappa shape index (κ2) is 5.92. The minimum absolute atomic E-state index is 0.0750. The van der Waals surface area contributed by atoms with Crippen molar-refractivity contribution in [3.8, 4) is 6.07 Å². The molecule has 0 fully saturated rings. The molecule has 1 aromatic heterocycles. The van der Waals surface area contributed by atoms with E-state index in [1.807, 2.05) is 6.07 Å². The van der Waals surface area contributed by atoms with Crippen LogP contribution in [0.3, 0.4) is 0 Å². The van der Waals surface area contributed by atoms with Crippen molar-refractivity contribution in [3.05, 3.63) is 41.2 Å². The molecule has 1 heterocycles. The Morgan fingerprint density at radius 1 is 1.29 bits per heavy atom. The van der Waals surface area contributed by atoms with Gasteiger partial charge in [-0.1, -0.05) is 11.6 Å². The van der Waals surface area contributed by atoms with E-state index in [1.165, 1.54) is 18.2 Å². The summed E-state index contributed by atoms with van der Waals surface area (Å²) < 4.78 is 26.6. The summed E-state index contributed by atoms with van der Waals surface area (Å²) in [7, 11) is -3.94. The molecule has 0 aliphatic heterocycles. The van der Waals surface area contributed by atoms with E-state index in [9.17, 15) is 8.42 Å². The number of nitrogens with zero attached hydrogens (tertiary/aromatic N) is 3. The lowest BCUT2D eigenvalue weighted by Gasteiger charge is -2.09. The Hall–Kier alpha value is -2.41. The first-order chi connectivity index (χ1) is 9.96. The molecule has 0 aliphatic carbocycles. The Labute approximate surface area is 125 Å². The van der Waals surface area contributed by atoms with Crippen LogP contribution in [0.15, 0.2) is 35.5 Å². The van der Waals surface area contributed by atoms with Gasteiger partial charge in [-0.3, -0.25) is 10.1 Å². The van der Waals surface area contributed by atoms with Crippen molar-refractivity contribution in [2.45, 2.75) is 4.90 Å². The van der Waals surface area contributed by atoms with Crippen molar-refractivity contribution in [2.75, 3.05) is 10.1 Å². The first-order valence-corrected chi connectivity index (χ1v) is 7.33. The molecule has 0 aliphatic rings. The van der Waals surface area contributed by atoms with Crippen LogP contribution in [0, 0.1) is 11.3 Å². The lowest BCUT2D eigenvalue weighted by Crippen LogP contribution is -2.16. The molecule has 1 aromatic carbocycles. The molecule has 108 valence electrons. The number of nitrogens with two attached hydrogens (primary N) is 1. The Balaban J connectivity index is 2.37. The molecule has 0 unspecified atom stereocenters. The third-order valence-corrected chi connectivity index (χ3v) is 3.97. The predicted molar refractivity (Wildman–Crippen MR) is 76.8 cm³/mol. The number of benzene rings is 1. The zero-order chi connectivity index (χ0) is 15.5. The van der Waals surface area contributed by atoms with E-state index >= 15 is 0 Å². The number of hydrazine groups is 1. The highest BCUT2D eigenvalue weighted by Crippen LogP contribution is 2.23. The van der Waals surface area contributed by atoms with Gasteiger partial charge in [-0.25, -0.2) is 24.2 Å². The Bertz CT molecular complexity index is 800. The largest absolute Gasteiger partial charge is 0.292 e. The van der Waals surface area contributed by atoms with Gasteiger partial charge in [0.05, 0.1) is 23.6 Å². The molecule has 10 heteroatoms. The van der Waals surface area contributed by atoms with Crippen molar-refractivity contribution in [1.82, 2.24) is 9.97 Å². The van der Waals surface area contributed by atoms with Crippen LogP contribution in [0.25, 0.3) is 0 Å². The molecule has 8 nitrogen and oxygen atoms in total. The van der Waals surface area contributed by atoms with Gasteiger partial charge in [0.1, 0.15) is 11.0 Å². The van der Waals surface area contributed by atoms with Crippen LogP contribution in [-0.4, -0.2) is 18.4 Å². The van der Waals surface area contributed by atoms with Gasteiger partial charge in [-0.15, -0.1) is 0 Å². The van der Waals surface area contributed by atoms with Gasteiger partial charge in [0.25, 0.3) is 10.0 Å². The normalized spacial score (nSPS) is 10.7. The number of hydrogen-bond acceptors (Lipinski definition) is 7. The van der Waals surface area contributed by atoms with Crippen LogP contribution < -0.4 is 16.0 Å². The summed E-state index contributed by atoms with van der Waals surface area (Å²) in [5.74, 6) is 5.17. The van der Waals surface area contributed by atoms with Gasteiger partial charge in [-0.2, -0.15) is 5.26 Å². The highest BCUT2D eigenvalue weighted by molar-refractivity contribution is 7.92. The van der Waals surface area contributed by atoms with Crippen molar-refractivity contribution in [1.29, 1.82) is 5.26 Å². The van der Waals surface area contributed by atoms with Crippen molar-refractivity contribution >= 4 is 33.3 Å². The second-order valence-corrected chi connectivity index (χ2v) is 5.91. The zero-order valence-corrected chi connectivity index (χ0v) is 12.0. The molecule has 2 rings (SSSR count). The maximum Gasteiger partial charge on any atom is 0.265 e. The number of hydrogen-bond donors (Lipinski definition) is 3. The fourth-order valence-electron chi connectivity index (χ4n) is 1.43. The van der Waals surface area contributed by atoms with Crippen molar-refractivity contribution in [2.24, 2.45) is 5.84 Å². The first kappa shape index (κ1) is 15.0. The average molecular weight is 325 g/mol. The van der Waals surface area contributed by atoms with Crippen LogP contribution >= 0.6 is 11.6 Å². The predicted octanol–water partition coefficient (Wildman–Crippen LogP) is 1.09. The number of halogens is 1. The minimum atomic E-state index is -3.94. The fourth-order valence-corrected chi connectivity index (χ4v) is 2.56. The molecule has 0 atom stereocenters. The van der Waals surface area contributed by atoms with Crippen molar-refractivity contribution < 1.29 is 8.42 Å². The topological polar surface area (TPSA) is 134 Å². The van der Waals surface area contributed by atoms with Gasteiger partial charge in [0.15, 0.2) is 0 Å². The van der Waals surface area contributed by atoms with Gasteiger partial charge in [-0.05, 0) is 18.2 Å². The SMILES string of the molecule is N#Cc1ccc(Cl)cc1NS(=O)(=O)c1cnc(NN)nc1. The number of rotatable bonds is 4. The van der Waals surface area contributed by atoms with Gasteiger partial charge >= 0.3 is 0 Å². The molecule has 0 radical (unpaired) electrons. The van der Waals surface area contributed by atoms with Crippen LogP contribution in [0.4, 0.5) is 11.6 Å². The number of nitriles is 1. The summed E-state index contributed by atoms with van der Waals surface area (Å²) in [6.07, 6.45) is 2.17. The quantitative estimate of drug-likeness (QED) is 0.566. The third kappa shape index (κ3) is 3.38. The zero-order valence-electron chi connectivity index (χ0n) is 10.4. The van der Waals surface area contributed by atoms with E-state index in [0.29, 0.717) is 5.02 Å². The second-order valence-electron chi connectivity index (χ2n) is 3.79. The molecular formula is C11H9ClN6O2S. The smallest absolute Gasteiger partial charge is 0.265 e. The van der Waals surface area contributed by atoms with E-state index in [1.54, 1.807) is 0 Å². The summed E-state index contributed by atoms with van der Waals surface area (Å²) in [6, 6.07) is 6.12. The average Bonchev–Trinajstić information content (AvgIpc) is 2.47. The number of anilines is 2. The van der Waals surface area contributed by atoms with E-state index in [-0.39, 0.29) is 22.1 Å². The summed E-state index contributed by atoms with van der Waals surface area (Å²) in [5.41, 5.74) is 2.40. The van der Waals surface area contributed by atoms with Crippen LogP contribution in [-0.2, 0) is 10.0 Å². The lowest BCUT2D eigenvalue weighted by atomic mass is 10.2. The molecule has 0 spiro atoms. The summed E-state index contributed by atoms with van der Waals surface area (Å²) in [5, 5.41) is 9.27. The van der Waals surface area contributed by atoms with E-state index in [4.69, 9.17) is 22.7 Å². The molecule has 0 amide bonds. The van der Waals surface area contributed by atoms with Gasteiger partial charge in [0.2, 0.25) is 5.95 Å². The monoisotopic (exact) mass is 324 g/mol. The maximum absolute atomic E-state index is 12.2. The molecule has 21 heavy (non-hydrogen) atoms. The summed E-state index contributed by atoms with van der Waals surface area (Å²) >= 11 is 5.80. The van der Waals surface area contributed by atoms with Crippen LogP contribution in [0.2, 0.25) is 5.02 Å². The first-order valence-electron chi connectivity index (χ1n) is 5.47. The number of aromatic nitrogens is 2. The summed E-state index contributed by atoms with van der Waals surface area (Å²) in [4.78, 5) is 7.24. The van der Waals surface area contributed by atoms with Gasteiger partial charge < -0.3 is 0 Å². The summed E-state index contributed by atoms with van der Waals surface area (Å²) in [6.45, 7) is 0. The van der Waals surface area contributed by atoms with Gasteiger partial charge in [0, 0.05) is 5.02 Å². The number of nitrogen functional groups attached to an aromatic ring is 1. The van der Waals surface area contributed by atoms with Crippen molar-refractivity contribution in [3.63, 3.8) is 0 Å². The molecular weight excluding hydrogens is 316 g/mol. The third-order valence-electron chi connectivity index (χ3n) is 2.41. The number of sulfonamides is 1. The molecule has 4 N–H and O–H groups in total. The molecule has 0 bridgehead atoms. The number of nitrogens with one attached hydrogen (secondary N) is 2. The Morgan fingerprint density at radius 2 is 1.95 bits per heavy atom. The minimum Gasteiger partial charge on any atom is -0.292 e. The standard InChI is InChI=1S/C11H9ClN6O2S/c12-8-2-1-7(4-13)10(3-8)18-21(19,20)9-5-15-11(17-14)16-6-9/h1-3,5-6,18H,14H2,(H,15,16,17). The Morgan fingerprint density at radius 3 is 2.52 bits per heavy atom. The van der Waals surface area contributed by atoms with Crippen LogP contribution in [0.5, 0.6) is 0 Å². The molecule has 0 saturated heterocycles. The lowest BCUT2D eigenvalue weighted by molar-refractivity contribution is 0.600. The molecule has 0 saturated carbocycles.